The molecule has 1 unspecified atom stereocenters. The fourth-order valence-electron chi connectivity index (χ4n) is 2.13. The van der Waals surface area contributed by atoms with Gasteiger partial charge >= 0.3 is 0 Å². The molecule has 1 aromatic carbocycles. The Balaban J connectivity index is 2.15. The maximum atomic E-state index is 6.27. The van der Waals surface area contributed by atoms with Gasteiger partial charge in [-0.1, -0.05) is 30.7 Å². The highest BCUT2D eigenvalue weighted by atomic mass is 35.5. The summed E-state index contributed by atoms with van der Waals surface area (Å²) in [6, 6.07) is 9.94. The topological polar surface area (TPSA) is 38.9 Å². The number of halogens is 1. The van der Waals surface area contributed by atoms with Gasteiger partial charge < -0.3 is 5.73 Å². The number of nitrogens with two attached hydrogens (primary N) is 1. The molecule has 0 spiro atoms. The number of hydrogen-bond acceptors (Lipinski definition) is 2. The molecule has 0 radical (unpaired) electrons. The second kappa shape index (κ2) is 6.18. The molecule has 0 aliphatic heterocycles. The van der Waals surface area contributed by atoms with Crippen LogP contribution >= 0.6 is 11.6 Å². The Morgan fingerprint density at radius 2 is 2.05 bits per heavy atom. The fraction of sp³-hybridized carbons (Fsp3) is 0.312. The Morgan fingerprint density at radius 3 is 2.68 bits per heavy atom. The summed E-state index contributed by atoms with van der Waals surface area (Å²) in [4.78, 5) is 4.45. The molecule has 2 rings (SSSR count). The van der Waals surface area contributed by atoms with Crippen LogP contribution in [-0.4, -0.2) is 4.98 Å². The lowest BCUT2D eigenvalue weighted by molar-refractivity contribution is 0.701. The van der Waals surface area contributed by atoms with E-state index in [0.717, 1.165) is 29.1 Å². The van der Waals surface area contributed by atoms with Crippen LogP contribution in [0.2, 0.25) is 5.02 Å². The molecule has 0 saturated carbocycles. The van der Waals surface area contributed by atoms with Gasteiger partial charge in [-0.2, -0.15) is 0 Å². The molecule has 2 N–H and O–H groups in total. The summed E-state index contributed by atoms with van der Waals surface area (Å²) >= 11 is 6.03. The Bertz CT molecular complexity index is 549. The molecule has 0 saturated heterocycles. The molecule has 3 heteroatoms. The van der Waals surface area contributed by atoms with Crippen molar-refractivity contribution < 1.29 is 0 Å². The Morgan fingerprint density at radius 1 is 1.26 bits per heavy atom. The van der Waals surface area contributed by atoms with E-state index < -0.39 is 0 Å². The lowest BCUT2D eigenvalue weighted by Gasteiger charge is -2.15. The van der Waals surface area contributed by atoms with Crippen molar-refractivity contribution in [2.75, 3.05) is 0 Å². The number of rotatable bonds is 4. The second-order valence-electron chi connectivity index (χ2n) is 4.82. The minimum Gasteiger partial charge on any atom is -0.324 e. The monoisotopic (exact) mass is 274 g/mol. The first kappa shape index (κ1) is 14.0. The quantitative estimate of drug-likeness (QED) is 0.920. The van der Waals surface area contributed by atoms with E-state index in [0.29, 0.717) is 0 Å². The summed E-state index contributed by atoms with van der Waals surface area (Å²) in [6.07, 6.45) is 3.66. The van der Waals surface area contributed by atoms with Gasteiger partial charge in [-0.25, -0.2) is 0 Å². The molecular formula is C16H19ClN2. The van der Waals surface area contributed by atoms with Crippen molar-refractivity contribution in [2.45, 2.75) is 32.7 Å². The SMILES string of the molecule is CCc1ccc(CC(N)c2cc(Cl)ccc2C)nc1. The first-order valence-electron chi connectivity index (χ1n) is 6.55. The highest BCUT2D eigenvalue weighted by Gasteiger charge is 2.11. The molecule has 1 atom stereocenters. The predicted octanol–water partition coefficient (Wildman–Crippen LogP) is 3.85. The van der Waals surface area contributed by atoms with Crippen molar-refractivity contribution in [3.05, 3.63) is 63.9 Å². The highest BCUT2D eigenvalue weighted by Crippen LogP contribution is 2.22. The fourth-order valence-corrected chi connectivity index (χ4v) is 2.31. The average molecular weight is 275 g/mol. The Kier molecular flexibility index (Phi) is 4.56. The maximum absolute atomic E-state index is 6.27. The van der Waals surface area contributed by atoms with Gasteiger partial charge in [0.15, 0.2) is 0 Å². The van der Waals surface area contributed by atoms with Gasteiger partial charge in [-0.3, -0.25) is 4.98 Å². The van der Waals surface area contributed by atoms with Gasteiger partial charge in [0.25, 0.3) is 0 Å². The second-order valence-corrected chi connectivity index (χ2v) is 5.26. The maximum Gasteiger partial charge on any atom is 0.0422 e. The van der Waals surface area contributed by atoms with Gasteiger partial charge in [0.05, 0.1) is 0 Å². The number of benzene rings is 1. The first-order valence-corrected chi connectivity index (χ1v) is 6.93. The van der Waals surface area contributed by atoms with Crippen molar-refractivity contribution in [1.29, 1.82) is 0 Å². The van der Waals surface area contributed by atoms with E-state index in [1.807, 2.05) is 24.4 Å². The highest BCUT2D eigenvalue weighted by molar-refractivity contribution is 6.30. The third-order valence-corrected chi connectivity index (χ3v) is 3.60. The van der Waals surface area contributed by atoms with E-state index in [2.05, 4.69) is 31.0 Å². The van der Waals surface area contributed by atoms with Crippen molar-refractivity contribution >= 4 is 11.6 Å². The summed E-state index contributed by atoms with van der Waals surface area (Å²) < 4.78 is 0. The van der Waals surface area contributed by atoms with E-state index >= 15 is 0 Å². The van der Waals surface area contributed by atoms with Crippen LogP contribution in [0.4, 0.5) is 0 Å². The molecule has 0 bridgehead atoms. The van der Waals surface area contributed by atoms with Crippen LogP contribution in [0.25, 0.3) is 0 Å². The zero-order valence-electron chi connectivity index (χ0n) is 11.4. The summed E-state index contributed by atoms with van der Waals surface area (Å²) in [5.74, 6) is 0. The Hall–Kier alpha value is -1.38. The lowest BCUT2D eigenvalue weighted by atomic mass is 9.98. The van der Waals surface area contributed by atoms with Crippen LogP contribution in [-0.2, 0) is 12.8 Å². The molecule has 0 amide bonds. The van der Waals surface area contributed by atoms with Crippen LogP contribution < -0.4 is 5.73 Å². The molecule has 2 nitrogen and oxygen atoms in total. The smallest absolute Gasteiger partial charge is 0.0422 e. The number of hydrogen-bond donors (Lipinski definition) is 1. The van der Waals surface area contributed by atoms with E-state index in [9.17, 15) is 0 Å². The zero-order chi connectivity index (χ0) is 13.8. The van der Waals surface area contributed by atoms with Gasteiger partial charge in [0.1, 0.15) is 0 Å². The molecule has 1 aromatic heterocycles. The van der Waals surface area contributed by atoms with Crippen molar-refractivity contribution in [2.24, 2.45) is 5.73 Å². The van der Waals surface area contributed by atoms with Crippen molar-refractivity contribution in [3.63, 3.8) is 0 Å². The standard InChI is InChI=1S/C16H19ClN2/c1-3-12-5-7-14(19-10-12)9-16(18)15-8-13(17)6-4-11(15)2/h4-8,10,16H,3,9,18H2,1-2H3. The summed E-state index contributed by atoms with van der Waals surface area (Å²) in [7, 11) is 0. The third kappa shape index (κ3) is 3.55. The largest absolute Gasteiger partial charge is 0.324 e. The van der Waals surface area contributed by atoms with Crippen LogP contribution in [0.3, 0.4) is 0 Å². The number of pyridine rings is 1. The minimum atomic E-state index is -0.0707. The average Bonchev–Trinajstić information content (AvgIpc) is 2.42. The van der Waals surface area contributed by atoms with Gasteiger partial charge in [-0.15, -0.1) is 0 Å². The number of nitrogens with zero attached hydrogens (tertiary/aromatic N) is 1. The van der Waals surface area contributed by atoms with Gasteiger partial charge in [0, 0.05) is 29.4 Å². The summed E-state index contributed by atoms with van der Waals surface area (Å²) in [5.41, 5.74) is 10.8. The van der Waals surface area contributed by atoms with Crippen LogP contribution in [0.1, 0.15) is 35.3 Å². The Labute approximate surface area is 119 Å². The molecule has 2 aromatic rings. The molecular weight excluding hydrogens is 256 g/mol. The number of aromatic nitrogens is 1. The minimum absolute atomic E-state index is 0.0707. The molecule has 0 aliphatic rings. The van der Waals surface area contributed by atoms with Crippen molar-refractivity contribution in [3.8, 4) is 0 Å². The van der Waals surface area contributed by atoms with Crippen molar-refractivity contribution in [1.82, 2.24) is 4.98 Å². The predicted molar refractivity (Wildman–Crippen MR) is 80.4 cm³/mol. The van der Waals surface area contributed by atoms with Gasteiger partial charge in [-0.05, 0) is 48.2 Å². The normalized spacial score (nSPS) is 12.4. The first-order chi connectivity index (χ1) is 9.10. The van der Waals surface area contributed by atoms with Crippen LogP contribution in [0.5, 0.6) is 0 Å². The summed E-state index contributed by atoms with van der Waals surface area (Å²) in [5, 5.41) is 0.727. The summed E-state index contributed by atoms with van der Waals surface area (Å²) in [6.45, 7) is 4.18. The molecule has 0 fully saturated rings. The molecule has 0 aliphatic carbocycles. The van der Waals surface area contributed by atoms with E-state index in [4.69, 9.17) is 17.3 Å². The van der Waals surface area contributed by atoms with E-state index in [1.165, 1.54) is 11.1 Å². The number of aryl methyl sites for hydroxylation is 2. The van der Waals surface area contributed by atoms with Crippen LogP contribution in [0.15, 0.2) is 36.5 Å². The molecule has 1 heterocycles. The molecule has 19 heavy (non-hydrogen) atoms. The van der Waals surface area contributed by atoms with E-state index in [1.54, 1.807) is 0 Å². The zero-order valence-corrected chi connectivity index (χ0v) is 12.1. The van der Waals surface area contributed by atoms with E-state index in [-0.39, 0.29) is 6.04 Å². The third-order valence-electron chi connectivity index (χ3n) is 3.36. The van der Waals surface area contributed by atoms with Gasteiger partial charge in [0.2, 0.25) is 0 Å². The van der Waals surface area contributed by atoms with Crippen LogP contribution in [0, 0.1) is 6.92 Å². The molecule has 100 valence electrons. The lowest BCUT2D eigenvalue weighted by Crippen LogP contribution is -2.15.